The third-order valence-corrected chi connectivity index (χ3v) is 5.38. The normalized spacial score (nSPS) is 12.8. The molecule has 2 aromatic carbocycles. The number of carbonyl (C=O) groups excluding carboxylic acids is 1. The number of hydroxylamine groups is 1. The molecule has 0 radical (unpaired) electrons. The number of nitrogens with one attached hydrogen (secondary N) is 1. The first-order valence-electron chi connectivity index (χ1n) is 7.01. The zero-order valence-electron chi connectivity index (χ0n) is 12.6. The van der Waals surface area contributed by atoms with Gasteiger partial charge in [0, 0.05) is 6.54 Å². The monoisotopic (exact) mass is 334 g/mol. The van der Waals surface area contributed by atoms with Crippen LogP contribution in [0, 0.1) is 0 Å². The largest absolute Gasteiger partial charge is 0.289 e. The van der Waals surface area contributed by atoms with Gasteiger partial charge >= 0.3 is 0 Å². The summed E-state index contributed by atoms with van der Waals surface area (Å²) in [7, 11) is -3.89. The van der Waals surface area contributed by atoms with E-state index >= 15 is 0 Å². The van der Waals surface area contributed by atoms with Crippen molar-refractivity contribution in [1.29, 1.82) is 0 Å². The summed E-state index contributed by atoms with van der Waals surface area (Å²) in [6.45, 7) is 1.45. The molecule has 6 nitrogen and oxygen atoms in total. The van der Waals surface area contributed by atoms with Crippen LogP contribution >= 0.6 is 0 Å². The van der Waals surface area contributed by atoms with Gasteiger partial charge in [-0.2, -0.15) is 4.31 Å². The summed E-state index contributed by atoms with van der Waals surface area (Å²) < 4.78 is 26.8. The Morgan fingerprint density at radius 2 is 1.61 bits per heavy atom. The molecular formula is C16H18N2O4S. The molecule has 0 aliphatic rings. The number of hydrogen-bond donors (Lipinski definition) is 2. The average Bonchev–Trinajstić information content (AvgIpc) is 2.60. The third-order valence-electron chi connectivity index (χ3n) is 3.45. The minimum Gasteiger partial charge on any atom is -0.289 e. The van der Waals surface area contributed by atoms with Crippen molar-refractivity contribution in [1.82, 2.24) is 9.79 Å². The lowest BCUT2D eigenvalue weighted by Crippen LogP contribution is -2.46. The van der Waals surface area contributed by atoms with E-state index < -0.39 is 22.0 Å². The number of sulfonamides is 1. The molecule has 1 atom stereocenters. The fourth-order valence-electron chi connectivity index (χ4n) is 2.15. The number of benzene rings is 2. The second-order valence-corrected chi connectivity index (χ2v) is 6.89. The van der Waals surface area contributed by atoms with Gasteiger partial charge in [0.05, 0.1) is 4.90 Å². The Morgan fingerprint density at radius 3 is 2.13 bits per heavy atom. The Labute approximate surface area is 135 Å². The van der Waals surface area contributed by atoms with Crippen molar-refractivity contribution in [3.63, 3.8) is 0 Å². The van der Waals surface area contributed by atoms with E-state index in [1.807, 2.05) is 6.07 Å². The van der Waals surface area contributed by atoms with Crippen LogP contribution in [0.25, 0.3) is 0 Å². The highest BCUT2D eigenvalue weighted by atomic mass is 32.2. The second-order valence-electron chi connectivity index (χ2n) is 5.00. The molecule has 0 saturated heterocycles. The molecule has 0 heterocycles. The van der Waals surface area contributed by atoms with Crippen LogP contribution in [0.1, 0.15) is 12.5 Å². The number of rotatable bonds is 6. The van der Waals surface area contributed by atoms with Crippen molar-refractivity contribution in [2.24, 2.45) is 0 Å². The lowest BCUT2D eigenvalue weighted by molar-refractivity contribution is -0.132. The van der Waals surface area contributed by atoms with Gasteiger partial charge in [-0.1, -0.05) is 48.5 Å². The molecule has 0 saturated carbocycles. The highest BCUT2D eigenvalue weighted by Gasteiger charge is 2.32. The highest BCUT2D eigenvalue weighted by molar-refractivity contribution is 7.89. The third kappa shape index (κ3) is 3.95. The summed E-state index contributed by atoms with van der Waals surface area (Å²) in [5, 5.41) is 8.84. The maximum atomic E-state index is 12.9. The van der Waals surface area contributed by atoms with E-state index in [1.54, 1.807) is 42.5 Å². The molecule has 0 aliphatic heterocycles. The van der Waals surface area contributed by atoms with Gasteiger partial charge in [-0.3, -0.25) is 10.0 Å². The Hall–Kier alpha value is -2.22. The summed E-state index contributed by atoms with van der Waals surface area (Å²) in [4.78, 5) is 11.8. The smallest absolute Gasteiger partial charge is 0.261 e. The second kappa shape index (κ2) is 7.36. The van der Waals surface area contributed by atoms with Crippen LogP contribution in [0.4, 0.5) is 0 Å². The van der Waals surface area contributed by atoms with Gasteiger partial charge in [0.15, 0.2) is 0 Å². The van der Waals surface area contributed by atoms with Crippen molar-refractivity contribution in [2.45, 2.75) is 24.4 Å². The summed E-state index contributed by atoms with van der Waals surface area (Å²) in [6, 6.07) is 15.8. The minimum atomic E-state index is -3.89. The molecule has 1 amide bonds. The first-order chi connectivity index (χ1) is 11.0. The lowest BCUT2D eigenvalue weighted by atomic mass is 10.2. The molecule has 23 heavy (non-hydrogen) atoms. The molecule has 122 valence electrons. The van der Waals surface area contributed by atoms with Crippen molar-refractivity contribution < 1.29 is 18.4 Å². The quantitative estimate of drug-likeness (QED) is 0.623. The van der Waals surface area contributed by atoms with Crippen molar-refractivity contribution in [3.05, 3.63) is 66.2 Å². The van der Waals surface area contributed by atoms with E-state index in [0.717, 1.165) is 9.87 Å². The molecule has 0 aromatic heterocycles. The van der Waals surface area contributed by atoms with Crippen LogP contribution in [0.2, 0.25) is 0 Å². The zero-order valence-corrected chi connectivity index (χ0v) is 13.4. The van der Waals surface area contributed by atoms with Crippen LogP contribution in [0.15, 0.2) is 65.6 Å². The maximum Gasteiger partial charge on any atom is 0.261 e. The standard InChI is InChI=1S/C16H18N2O4S/c1-13(16(19)17-20)18(12-14-8-4-2-5-9-14)23(21,22)15-10-6-3-7-11-15/h2-11,13,20H,12H2,1H3,(H,17,19)/t13-/m0/s1. The molecule has 0 bridgehead atoms. The number of amides is 1. The highest BCUT2D eigenvalue weighted by Crippen LogP contribution is 2.21. The minimum absolute atomic E-state index is 0.0205. The summed E-state index contributed by atoms with van der Waals surface area (Å²) in [5.74, 6) is -0.791. The summed E-state index contributed by atoms with van der Waals surface area (Å²) >= 11 is 0. The molecule has 0 fully saturated rings. The Bertz CT molecular complexity index is 748. The average molecular weight is 334 g/mol. The van der Waals surface area contributed by atoms with E-state index in [0.29, 0.717) is 0 Å². The van der Waals surface area contributed by atoms with Crippen molar-refractivity contribution in [3.8, 4) is 0 Å². The van der Waals surface area contributed by atoms with E-state index in [2.05, 4.69) is 0 Å². The van der Waals surface area contributed by atoms with Crippen LogP contribution in [0.3, 0.4) is 0 Å². The van der Waals surface area contributed by atoms with Gasteiger partial charge in [-0.25, -0.2) is 13.9 Å². The maximum absolute atomic E-state index is 12.9. The van der Waals surface area contributed by atoms with Gasteiger partial charge in [0.25, 0.3) is 5.91 Å². The SMILES string of the molecule is C[C@@H](C(=O)NO)N(Cc1ccccc1)S(=O)(=O)c1ccccc1. The van der Waals surface area contributed by atoms with Crippen LogP contribution in [-0.2, 0) is 21.4 Å². The Kier molecular flexibility index (Phi) is 5.49. The number of hydrogen-bond acceptors (Lipinski definition) is 4. The first-order valence-corrected chi connectivity index (χ1v) is 8.45. The number of nitrogens with zero attached hydrogens (tertiary/aromatic N) is 1. The fraction of sp³-hybridized carbons (Fsp3) is 0.188. The summed E-state index contributed by atoms with van der Waals surface area (Å²) in [6.07, 6.45) is 0. The van der Waals surface area contributed by atoms with Gasteiger partial charge in [-0.05, 0) is 24.6 Å². The molecule has 7 heteroatoms. The van der Waals surface area contributed by atoms with Gasteiger partial charge in [0.1, 0.15) is 6.04 Å². The lowest BCUT2D eigenvalue weighted by Gasteiger charge is -2.27. The first kappa shape index (κ1) is 17.1. The van der Waals surface area contributed by atoms with Crippen LogP contribution < -0.4 is 5.48 Å². The van der Waals surface area contributed by atoms with E-state index in [1.165, 1.54) is 24.5 Å². The molecule has 2 rings (SSSR count). The molecule has 0 aliphatic carbocycles. The van der Waals surface area contributed by atoms with Crippen molar-refractivity contribution >= 4 is 15.9 Å². The molecule has 2 N–H and O–H groups in total. The van der Waals surface area contributed by atoms with Crippen LogP contribution in [0.5, 0.6) is 0 Å². The van der Waals surface area contributed by atoms with Crippen molar-refractivity contribution in [2.75, 3.05) is 0 Å². The molecule has 0 unspecified atom stereocenters. The summed E-state index contributed by atoms with van der Waals surface area (Å²) in [5.41, 5.74) is 2.25. The van der Waals surface area contributed by atoms with Gasteiger partial charge in [0.2, 0.25) is 10.0 Å². The molecular weight excluding hydrogens is 316 g/mol. The molecule has 0 spiro atoms. The topological polar surface area (TPSA) is 86.7 Å². The molecule has 2 aromatic rings. The zero-order chi connectivity index (χ0) is 16.9. The van der Waals surface area contributed by atoms with E-state index in [9.17, 15) is 13.2 Å². The Balaban J connectivity index is 2.43. The fourth-order valence-corrected chi connectivity index (χ4v) is 3.75. The number of carbonyl (C=O) groups is 1. The predicted octanol–water partition coefficient (Wildman–Crippen LogP) is 1.77. The van der Waals surface area contributed by atoms with E-state index in [4.69, 9.17) is 5.21 Å². The van der Waals surface area contributed by atoms with Gasteiger partial charge < -0.3 is 0 Å². The van der Waals surface area contributed by atoms with Crippen LogP contribution in [-0.4, -0.2) is 29.9 Å². The van der Waals surface area contributed by atoms with Gasteiger partial charge in [-0.15, -0.1) is 0 Å². The Morgan fingerprint density at radius 1 is 1.09 bits per heavy atom. The predicted molar refractivity (Wildman–Crippen MR) is 85.0 cm³/mol. The van der Waals surface area contributed by atoms with E-state index in [-0.39, 0.29) is 11.4 Å².